The molecule has 1 unspecified atom stereocenters. The molecule has 0 bridgehead atoms. The second kappa shape index (κ2) is 7.15. The van der Waals surface area contributed by atoms with Crippen molar-refractivity contribution in [3.8, 4) is 5.75 Å². The van der Waals surface area contributed by atoms with Crippen LogP contribution in [0.3, 0.4) is 0 Å². The fourth-order valence-corrected chi connectivity index (χ4v) is 3.30. The largest absolute Gasteiger partial charge is 0.497 e. The maximum absolute atomic E-state index is 13.3. The summed E-state index contributed by atoms with van der Waals surface area (Å²) in [5.74, 6) is 1.02. The van der Waals surface area contributed by atoms with Crippen LogP contribution in [0.1, 0.15) is 24.1 Å². The first-order valence-corrected chi connectivity index (χ1v) is 8.85. The Balaban J connectivity index is 1.76. The van der Waals surface area contributed by atoms with E-state index in [0.29, 0.717) is 17.2 Å². The van der Waals surface area contributed by atoms with Crippen molar-refractivity contribution in [3.05, 3.63) is 70.9 Å². The zero-order chi connectivity index (χ0) is 19.7. The van der Waals surface area contributed by atoms with Gasteiger partial charge in [0.05, 0.1) is 12.7 Å². The van der Waals surface area contributed by atoms with Crippen LogP contribution in [-0.4, -0.2) is 33.2 Å². The number of ether oxygens (including phenoxy) is 1. The van der Waals surface area contributed by atoms with Crippen molar-refractivity contribution < 1.29 is 9.53 Å². The Morgan fingerprint density at radius 1 is 1.14 bits per heavy atom. The quantitative estimate of drug-likeness (QED) is 0.727. The molecular weight excluding hydrogens is 356 g/mol. The van der Waals surface area contributed by atoms with Crippen LogP contribution in [-0.2, 0) is 4.79 Å². The summed E-state index contributed by atoms with van der Waals surface area (Å²) in [6.45, 7) is 3.80. The van der Waals surface area contributed by atoms with Gasteiger partial charge in [-0.15, -0.1) is 0 Å². The van der Waals surface area contributed by atoms with E-state index in [1.54, 1.807) is 11.8 Å². The zero-order valence-corrected chi connectivity index (χ0v) is 15.8. The number of allylic oxidation sites excluding steroid dienone is 1. The minimum absolute atomic E-state index is 0.207. The lowest BCUT2D eigenvalue weighted by Gasteiger charge is -2.28. The van der Waals surface area contributed by atoms with Gasteiger partial charge >= 0.3 is 0 Å². The topological polar surface area (TPSA) is 94.0 Å². The number of benzene rings is 2. The van der Waals surface area contributed by atoms with E-state index in [-0.39, 0.29) is 5.91 Å². The fourth-order valence-electron chi connectivity index (χ4n) is 3.30. The van der Waals surface area contributed by atoms with Gasteiger partial charge in [0.25, 0.3) is 5.91 Å². The minimum atomic E-state index is -0.457. The van der Waals surface area contributed by atoms with Gasteiger partial charge in [0.1, 0.15) is 11.8 Å². The molecule has 0 radical (unpaired) electrons. The normalized spacial score (nSPS) is 15.6. The van der Waals surface area contributed by atoms with Gasteiger partial charge in [-0.25, -0.2) is 0 Å². The molecule has 1 aliphatic rings. The van der Waals surface area contributed by atoms with Crippen LogP contribution in [0.4, 0.5) is 11.6 Å². The van der Waals surface area contributed by atoms with Crippen molar-refractivity contribution >= 4 is 17.5 Å². The number of para-hydroxylation sites is 1. The number of carbonyl (C=O) groups excluding carboxylic acids is 1. The van der Waals surface area contributed by atoms with Crippen LogP contribution in [0.2, 0.25) is 0 Å². The number of hydrogen-bond donors (Lipinski definition) is 2. The van der Waals surface area contributed by atoms with Crippen LogP contribution < -0.4 is 15.4 Å². The number of methoxy groups -OCH3 is 1. The van der Waals surface area contributed by atoms with Gasteiger partial charge in [-0.2, -0.15) is 4.68 Å². The van der Waals surface area contributed by atoms with Gasteiger partial charge in [0.15, 0.2) is 0 Å². The minimum Gasteiger partial charge on any atom is -0.497 e. The molecule has 142 valence electrons. The smallest absolute Gasteiger partial charge is 0.255 e. The van der Waals surface area contributed by atoms with Crippen LogP contribution in [0, 0.1) is 6.92 Å². The lowest BCUT2D eigenvalue weighted by molar-refractivity contribution is -0.113. The highest BCUT2D eigenvalue weighted by atomic mass is 16.5. The molecule has 0 fully saturated rings. The lowest BCUT2D eigenvalue weighted by Crippen LogP contribution is -2.31. The van der Waals surface area contributed by atoms with Crippen LogP contribution in [0.5, 0.6) is 5.75 Å². The number of rotatable bonds is 4. The van der Waals surface area contributed by atoms with Gasteiger partial charge in [-0.1, -0.05) is 35.4 Å². The Labute approximate surface area is 162 Å². The highest BCUT2D eigenvalue weighted by Gasteiger charge is 2.34. The maximum Gasteiger partial charge on any atom is 0.255 e. The van der Waals surface area contributed by atoms with Gasteiger partial charge in [0.2, 0.25) is 5.95 Å². The van der Waals surface area contributed by atoms with Crippen molar-refractivity contribution in [3.63, 3.8) is 0 Å². The number of hydrogen-bond acceptors (Lipinski definition) is 6. The van der Waals surface area contributed by atoms with Crippen molar-refractivity contribution in [1.29, 1.82) is 0 Å². The Morgan fingerprint density at radius 2 is 1.89 bits per heavy atom. The van der Waals surface area contributed by atoms with E-state index < -0.39 is 6.04 Å². The third kappa shape index (κ3) is 3.09. The third-order valence-electron chi connectivity index (χ3n) is 4.78. The first-order valence-electron chi connectivity index (χ1n) is 8.85. The van der Waals surface area contributed by atoms with Gasteiger partial charge in [-0.3, -0.25) is 4.79 Å². The molecule has 1 amide bonds. The van der Waals surface area contributed by atoms with Crippen molar-refractivity contribution in [2.45, 2.75) is 19.9 Å². The molecule has 8 heteroatoms. The second-order valence-corrected chi connectivity index (χ2v) is 6.56. The summed E-state index contributed by atoms with van der Waals surface area (Å²) in [4.78, 5) is 13.3. The summed E-state index contributed by atoms with van der Waals surface area (Å²) in [5.41, 5.74) is 3.89. The van der Waals surface area contributed by atoms with E-state index in [0.717, 1.165) is 22.6 Å². The van der Waals surface area contributed by atoms with Crippen molar-refractivity contribution in [1.82, 2.24) is 20.2 Å². The molecule has 0 aliphatic carbocycles. The molecule has 2 heterocycles. The first-order chi connectivity index (χ1) is 13.6. The highest BCUT2D eigenvalue weighted by Crippen LogP contribution is 2.35. The van der Waals surface area contributed by atoms with E-state index in [1.807, 2.05) is 62.4 Å². The average Bonchev–Trinajstić information content (AvgIpc) is 3.16. The molecule has 0 saturated heterocycles. The Hall–Kier alpha value is -3.68. The van der Waals surface area contributed by atoms with Crippen molar-refractivity contribution in [2.24, 2.45) is 0 Å². The Morgan fingerprint density at radius 3 is 2.61 bits per heavy atom. The summed E-state index contributed by atoms with van der Waals surface area (Å²) in [5, 5.41) is 18.0. The lowest BCUT2D eigenvalue weighted by atomic mass is 9.95. The maximum atomic E-state index is 13.3. The van der Waals surface area contributed by atoms with Crippen LogP contribution in [0.15, 0.2) is 59.8 Å². The summed E-state index contributed by atoms with van der Waals surface area (Å²) in [6.07, 6.45) is 0. The molecule has 2 aromatic carbocycles. The van der Waals surface area contributed by atoms with Crippen LogP contribution in [0.25, 0.3) is 0 Å². The molecule has 1 aromatic heterocycles. The number of nitrogens with zero attached hydrogens (tertiary/aromatic N) is 4. The number of aryl methyl sites for hydroxylation is 1. The van der Waals surface area contributed by atoms with E-state index in [9.17, 15) is 4.79 Å². The number of nitrogens with one attached hydrogen (secondary N) is 2. The molecule has 1 atom stereocenters. The molecule has 3 aromatic rings. The van der Waals surface area contributed by atoms with Crippen LogP contribution >= 0.6 is 0 Å². The Kier molecular flexibility index (Phi) is 4.52. The monoisotopic (exact) mass is 376 g/mol. The number of anilines is 2. The molecular formula is C20H20N6O2. The van der Waals surface area contributed by atoms with Gasteiger partial charge < -0.3 is 15.4 Å². The summed E-state index contributed by atoms with van der Waals surface area (Å²) in [7, 11) is 1.62. The standard InChI is InChI=1S/C20H20N6O2/c1-12-6-4-5-7-16(12)22-19(27)17-13(2)21-20-23-24-25-26(20)18(17)14-8-10-15(28-3)11-9-14/h4-11,18H,1-3H3,(H,22,27)(H,21,23,25). The first kappa shape index (κ1) is 17.7. The van der Waals surface area contributed by atoms with Crippen molar-refractivity contribution in [2.75, 3.05) is 17.7 Å². The number of amides is 1. The molecule has 0 saturated carbocycles. The SMILES string of the molecule is COc1ccc(C2C(C(=O)Nc3ccccc3C)=C(C)Nc3nnnn32)cc1. The average molecular weight is 376 g/mol. The molecule has 0 spiro atoms. The molecule has 28 heavy (non-hydrogen) atoms. The summed E-state index contributed by atoms with van der Waals surface area (Å²) < 4.78 is 6.86. The number of aromatic nitrogens is 4. The van der Waals surface area contributed by atoms with E-state index in [2.05, 4.69) is 26.2 Å². The Bertz CT molecular complexity index is 1050. The third-order valence-corrected chi connectivity index (χ3v) is 4.78. The van der Waals surface area contributed by atoms with E-state index >= 15 is 0 Å². The van der Waals surface area contributed by atoms with Gasteiger partial charge in [-0.05, 0) is 53.6 Å². The number of carbonyl (C=O) groups is 1. The number of tetrazole rings is 1. The predicted octanol–water partition coefficient (Wildman–Crippen LogP) is 2.92. The summed E-state index contributed by atoms with van der Waals surface area (Å²) >= 11 is 0. The molecule has 8 nitrogen and oxygen atoms in total. The summed E-state index contributed by atoms with van der Waals surface area (Å²) in [6, 6.07) is 14.7. The molecule has 2 N–H and O–H groups in total. The number of fused-ring (bicyclic) bond motifs is 1. The second-order valence-electron chi connectivity index (χ2n) is 6.56. The molecule has 1 aliphatic heterocycles. The fraction of sp³-hybridized carbons (Fsp3) is 0.200. The zero-order valence-electron chi connectivity index (χ0n) is 15.8. The highest BCUT2D eigenvalue weighted by molar-refractivity contribution is 6.06. The van der Waals surface area contributed by atoms with E-state index in [4.69, 9.17) is 4.74 Å². The molecule has 4 rings (SSSR count). The predicted molar refractivity (Wildman–Crippen MR) is 105 cm³/mol. The van der Waals surface area contributed by atoms with E-state index in [1.165, 1.54) is 0 Å². The van der Waals surface area contributed by atoms with Gasteiger partial charge in [0, 0.05) is 11.4 Å².